The van der Waals surface area contributed by atoms with Crippen LogP contribution in [-0.2, 0) is 13.0 Å². The van der Waals surface area contributed by atoms with Crippen molar-refractivity contribution < 1.29 is 9.52 Å². The first-order valence-corrected chi connectivity index (χ1v) is 10.1. The summed E-state index contributed by atoms with van der Waals surface area (Å²) in [5.74, 6) is -0.123. The molecule has 29 heavy (non-hydrogen) atoms. The molecule has 152 valence electrons. The summed E-state index contributed by atoms with van der Waals surface area (Å²) >= 11 is 12.5. The van der Waals surface area contributed by atoms with Crippen molar-refractivity contribution in [1.29, 1.82) is 0 Å². The lowest BCUT2D eigenvalue weighted by atomic mass is 9.97. The summed E-state index contributed by atoms with van der Waals surface area (Å²) < 4.78 is 5.52. The summed E-state index contributed by atoms with van der Waals surface area (Å²) in [4.78, 5) is 15.2. The quantitative estimate of drug-likeness (QED) is 0.431. The molecule has 8 heteroatoms. The molecule has 0 atom stereocenters. The molecule has 1 aromatic heterocycles. The number of nitrogens with one attached hydrogen (secondary N) is 1. The fraction of sp³-hybridized carbons (Fsp3) is 0.286. The number of hydrogen-bond acceptors (Lipinski definition) is 6. The third-order valence-corrected chi connectivity index (χ3v) is 6.02. The maximum absolute atomic E-state index is 12.9. The lowest BCUT2D eigenvalue weighted by molar-refractivity contribution is 0.233. The predicted molar refractivity (Wildman–Crippen MR) is 116 cm³/mol. The summed E-state index contributed by atoms with van der Waals surface area (Å²) in [5.41, 5.74) is 8.36. The second-order valence-electron chi connectivity index (χ2n) is 7.17. The van der Waals surface area contributed by atoms with Crippen LogP contribution in [0.1, 0.15) is 16.7 Å². The molecule has 0 spiro atoms. The van der Waals surface area contributed by atoms with E-state index >= 15 is 0 Å². The molecular weight excluding hydrogens is 413 g/mol. The molecule has 2 aromatic carbocycles. The first-order chi connectivity index (χ1) is 13.9. The van der Waals surface area contributed by atoms with Gasteiger partial charge in [0, 0.05) is 56.2 Å². The molecule has 1 saturated heterocycles. The molecule has 0 saturated carbocycles. The zero-order chi connectivity index (χ0) is 20.5. The predicted octanol–water partition coefficient (Wildman–Crippen LogP) is 3.38. The highest BCUT2D eigenvalue weighted by Gasteiger charge is 2.21. The summed E-state index contributed by atoms with van der Waals surface area (Å²) in [6, 6.07) is 8.42. The number of nitrogens with two attached hydrogens (primary N) is 1. The van der Waals surface area contributed by atoms with Crippen molar-refractivity contribution in [3.05, 3.63) is 67.5 Å². The van der Waals surface area contributed by atoms with E-state index in [2.05, 4.69) is 10.2 Å². The molecule has 0 unspecified atom stereocenters. The number of fused-ring (bicyclic) bond motifs is 1. The first kappa shape index (κ1) is 20.0. The van der Waals surface area contributed by atoms with E-state index in [1.807, 2.05) is 12.1 Å². The van der Waals surface area contributed by atoms with Gasteiger partial charge in [0.25, 0.3) is 0 Å². The molecule has 1 fully saturated rings. The second kappa shape index (κ2) is 8.24. The highest BCUT2D eigenvalue weighted by atomic mass is 35.5. The van der Waals surface area contributed by atoms with Gasteiger partial charge in [-0.05, 0) is 23.3 Å². The molecule has 6 nitrogen and oxygen atoms in total. The third kappa shape index (κ3) is 4.07. The second-order valence-corrected chi connectivity index (χ2v) is 7.95. The number of piperazine rings is 1. The van der Waals surface area contributed by atoms with Crippen molar-refractivity contribution in [3.8, 4) is 5.75 Å². The van der Waals surface area contributed by atoms with E-state index in [0.29, 0.717) is 40.2 Å². The summed E-state index contributed by atoms with van der Waals surface area (Å²) in [6.07, 6.45) is 0.294. The third-order valence-electron chi connectivity index (χ3n) is 5.25. The van der Waals surface area contributed by atoms with Gasteiger partial charge in [0.1, 0.15) is 11.3 Å². The molecule has 0 bridgehead atoms. The highest BCUT2D eigenvalue weighted by molar-refractivity contribution is 6.34. The summed E-state index contributed by atoms with van der Waals surface area (Å²) in [5, 5.41) is 14.6. The number of aromatic hydroxyl groups is 1. The average Bonchev–Trinajstić information content (AvgIpc) is 2.70. The Morgan fingerprint density at radius 3 is 2.69 bits per heavy atom. The number of nitrogens with zero attached hydrogens (tertiary/aromatic N) is 1. The molecule has 1 aliphatic heterocycles. The van der Waals surface area contributed by atoms with Crippen LogP contribution in [0.4, 0.5) is 5.69 Å². The fourth-order valence-corrected chi connectivity index (χ4v) is 4.05. The van der Waals surface area contributed by atoms with E-state index in [-0.39, 0.29) is 10.8 Å². The lowest BCUT2D eigenvalue weighted by Crippen LogP contribution is -2.43. The van der Waals surface area contributed by atoms with Crippen molar-refractivity contribution in [2.45, 2.75) is 13.0 Å². The number of benzene rings is 2. The molecule has 3 aromatic rings. The van der Waals surface area contributed by atoms with Gasteiger partial charge < -0.3 is 20.6 Å². The Hall–Kier alpha value is -2.25. The van der Waals surface area contributed by atoms with Gasteiger partial charge in [-0.1, -0.05) is 35.3 Å². The van der Waals surface area contributed by atoms with Gasteiger partial charge in [-0.2, -0.15) is 0 Å². The van der Waals surface area contributed by atoms with Crippen LogP contribution >= 0.6 is 23.2 Å². The maximum Gasteiger partial charge on any atom is 0.340 e. The lowest BCUT2D eigenvalue weighted by Gasteiger charge is -2.28. The van der Waals surface area contributed by atoms with Crippen LogP contribution in [0.3, 0.4) is 0 Å². The summed E-state index contributed by atoms with van der Waals surface area (Å²) in [7, 11) is 0. The number of hydrogen-bond donors (Lipinski definition) is 3. The summed E-state index contributed by atoms with van der Waals surface area (Å²) in [6.45, 7) is 4.08. The standard InChI is InChI=1S/C21H21Cl2N3O3/c22-16-9-13-15(11-26-6-4-25-5-7-26)14(21(28)29-19(13)10-18(16)27)8-12-2-1-3-17(24)20(12)23/h1-3,9-10,25,27H,4-8,11,24H2. The van der Waals surface area contributed by atoms with E-state index in [1.165, 1.54) is 6.07 Å². The number of halogens is 2. The van der Waals surface area contributed by atoms with E-state index in [0.717, 1.165) is 37.3 Å². The van der Waals surface area contributed by atoms with Gasteiger partial charge >= 0.3 is 5.63 Å². The number of phenolic OH excluding ortho intramolecular Hbond substituents is 1. The number of phenols is 1. The van der Waals surface area contributed by atoms with Gasteiger partial charge in [0.2, 0.25) is 0 Å². The van der Waals surface area contributed by atoms with Crippen molar-refractivity contribution in [2.75, 3.05) is 31.9 Å². The Labute approximate surface area is 177 Å². The van der Waals surface area contributed by atoms with Crippen LogP contribution in [0.2, 0.25) is 10.0 Å². The average molecular weight is 434 g/mol. The van der Waals surface area contributed by atoms with Gasteiger partial charge in [-0.3, -0.25) is 4.90 Å². The Kier molecular flexibility index (Phi) is 5.69. The molecule has 4 rings (SSSR count). The minimum absolute atomic E-state index is 0.123. The first-order valence-electron chi connectivity index (χ1n) is 9.37. The van der Waals surface area contributed by atoms with Gasteiger partial charge in [-0.25, -0.2) is 4.79 Å². The van der Waals surface area contributed by atoms with E-state index in [1.54, 1.807) is 12.1 Å². The largest absolute Gasteiger partial charge is 0.506 e. The zero-order valence-corrected chi connectivity index (χ0v) is 17.2. The normalized spacial score (nSPS) is 15.1. The van der Waals surface area contributed by atoms with Crippen LogP contribution in [0.25, 0.3) is 11.0 Å². The van der Waals surface area contributed by atoms with Crippen molar-refractivity contribution in [2.24, 2.45) is 0 Å². The molecular formula is C21H21Cl2N3O3. The molecule has 4 N–H and O–H groups in total. The van der Waals surface area contributed by atoms with E-state index in [4.69, 9.17) is 33.4 Å². The zero-order valence-electron chi connectivity index (χ0n) is 15.7. The van der Waals surface area contributed by atoms with Gasteiger partial charge in [0.05, 0.1) is 15.7 Å². The minimum atomic E-state index is -0.456. The highest BCUT2D eigenvalue weighted by Crippen LogP contribution is 2.33. The van der Waals surface area contributed by atoms with E-state index < -0.39 is 5.63 Å². The van der Waals surface area contributed by atoms with Crippen molar-refractivity contribution in [1.82, 2.24) is 10.2 Å². The van der Waals surface area contributed by atoms with E-state index in [9.17, 15) is 9.90 Å². The molecule has 2 heterocycles. The fourth-order valence-electron chi connectivity index (χ4n) is 3.69. The number of anilines is 1. The Morgan fingerprint density at radius 2 is 1.93 bits per heavy atom. The molecule has 0 aliphatic carbocycles. The monoisotopic (exact) mass is 433 g/mol. The number of rotatable bonds is 4. The van der Waals surface area contributed by atoms with Crippen LogP contribution in [-0.4, -0.2) is 36.2 Å². The Balaban J connectivity index is 1.88. The van der Waals surface area contributed by atoms with Gasteiger partial charge in [0.15, 0.2) is 0 Å². The smallest absolute Gasteiger partial charge is 0.340 e. The van der Waals surface area contributed by atoms with Crippen molar-refractivity contribution >= 4 is 39.9 Å². The maximum atomic E-state index is 12.9. The SMILES string of the molecule is Nc1cccc(Cc2c(CN3CCNCC3)c3cc(Cl)c(O)cc3oc2=O)c1Cl. The Morgan fingerprint density at radius 1 is 1.17 bits per heavy atom. The van der Waals surface area contributed by atoms with Crippen LogP contribution in [0.5, 0.6) is 5.75 Å². The van der Waals surface area contributed by atoms with Crippen LogP contribution in [0, 0.1) is 0 Å². The number of nitrogen functional groups attached to an aromatic ring is 1. The van der Waals surface area contributed by atoms with Crippen molar-refractivity contribution in [3.63, 3.8) is 0 Å². The van der Waals surface area contributed by atoms with Gasteiger partial charge in [-0.15, -0.1) is 0 Å². The minimum Gasteiger partial charge on any atom is -0.506 e. The van der Waals surface area contributed by atoms with Crippen LogP contribution < -0.4 is 16.7 Å². The Bertz CT molecular complexity index is 1120. The van der Waals surface area contributed by atoms with Crippen LogP contribution in [0.15, 0.2) is 39.5 Å². The molecule has 0 radical (unpaired) electrons. The molecule has 1 aliphatic rings. The molecule has 0 amide bonds. The topological polar surface area (TPSA) is 91.7 Å².